The van der Waals surface area contributed by atoms with Gasteiger partial charge >= 0.3 is 0 Å². The zero-order valence-corrected chi connectivity index (χ0v) is 19.6. The third kappa shape index (κ3) is 5.74. The molecule has 0 bridgehead atoms. The fourth-order valence-electron chi connectivity index (χ4n) is 4.55. The molecule has 1 atom stereocenters. The van der Waals surface area contributed by atoms with Gasteiger partial charge in [-0.1, -0.05) is 30.3 Å². The van der Waals surface area contributed by atoms with Crippen LogP contribution >= 0.6 is 0 Å². The molecule has 2 aliphatic rings. The highest BCUT2D eigenvalue weighted by atomic mass is 19.1. The Morgan fingerprint density at radius 3 is 2.43 bits per heavy atom. The van der Waals surface area contributed by atoms with E-state index in [2.05, 4.69) is 15.5 Å². The van der Waals surface area contributed by atoms with E-state index in [9.17, 15) is 9.18 Å². The summed E-state index contributed by atoms with van der Waals surface area (Å²) >= 11 is 0. The molecular weight excluding hydrogens is 445 g/mol. The topological polar surface area (TPSA) is 62.8 Å². The first kappa shape index (κ1) is 23.2. The van der Waals surface area contributed by atoms with E-state index >= 15 is 0 Å². The van der Waals surface area contributed by atoms with Crippen molar-refractivity contribution in [3.63, 3.8) is 0 Å². The van der Waals surface area contributed by atoms with Crippen LogP contribution in [0.5, 0.6) is 11.5 Å². The van der Waals surface area contributed by atoms with Crippen molar-refractivity contribution in [3.05, 3.63) is 89.7 Å². The molecule has 7 heteroatoms. The van der Waals surface area contributed by atoms with E-state index < -0.39 is 0 Å². The number of nitrogens with one attached hydrogen (secondary N) is 2. The van der Waals surface area contributed by atoms with Gasteiger partial charge in [-0.15, -0.1) is 0 Å². The van der Waals surface area contributed by atoms with E-state index in [1.54, 1.807) is 18.2 Å². The van der Waals surface area contributed by atoms with Crippen molar-refractivity contribution in [3.8, 4) is 11.5 Å². The zero-order chi connectivity index (χ0) is 24.0. The van der Waals surface area contributed by atoms with Crippen LogP contribution < -0.4 is 25.0 Å². The maximum absolute atomic E-state index is 13.8. The Hall–Kier alpha value is -3.58. The Kier molecular flexibility index (Phi) is 7.14. The van der Waals surface area contributed by atoms with E-state index in [1.807, 2.05) is 48.5 Å². The minimum atomic E-state index is -0.314. The second-order valence-corrected chi connectivity index (χ2v) is 8.99. The Morgan fingerprint density at radius 2 is 1.66 bits per heavy atom. The highest BCUT2D eigenvalue weighted by molar-refractivity contribution is 5.94. The number of nitrogens with zero attached hydrogens (tertiary/aromatic N) is 1. The third-order valence-corrected chi connectivity index (χ3v) is 6.59. The highest BCUT2D eigenvalue weighted by Gasteiger charge is 2.24. The average molecular weight is 476 g/mol. The van der Waals surface area contributed by atoms with Crippen molar-refractivity contribution in [1.82, 2.24) is 10.6 Å². The molecule has 182 valence electrons. The van der Waals surface area contributed by atoms with Crippen LogP contribution in [0.2, 0.25) is 0 Å². The summed E-state index contributed by atoms with van der Waals surface area (Å²) in [5.74, 6) is 1.10. The molecule has 2 heterocycles. The molecule has 6 nitrogen and oxygen atoms in total. The van der Waals surface area contributed by atoms with Crippen LogP contribution in [0.3, 0.4) is 0 Å². The zero-order valence-electron chi connectivity index (χ0n) is 19.6. The number of amides is 1. The third-order valence-electron chi connectivity index (χ3n) is 6.59. The van der Waals surface area contributed by atoms with Crippen molar-refractivity contribution < 1.29 is 18.7 Å². The first-order valence-electron chi connectivity index (χ1n) is 12.1. The predicted octanol–water partition coefficient (Wildman–Crippen LogP) is 4.15. The van der Waals surface area contributed by atoms with Crippen LogP contribution in [0.15, 0.2) is 72.8 Å². The molecule has 0 radical (unpaired) electrons. The lowest BCUT2D eigenvalue weighted by Gasteiger charge is -2.35. The van der Waals surface area contributed by atoms with Crippen molar-refractivity contribution >= 4 is 11.6 Å². The molecule has 1 saturated heterocycles. The quantitative estimate of drug-likeness (QED) is 0.538. The Labute approximate surface area is 205 Å². The second-order valence-electron chi connectivity index (χ2n) is 8.99. The number of halogens is 1. The fraction of sp³-hybridized carbons (Fsp3) is 0.321. The van der Waals surface area contributed by atoms with Crippen LogP contribution in [-0.4, -0.2) is 44.3 Å². The summed E-state index contributed by atoms with van der Waals surface area (Å²) in [7, 11) is 0. The number of para-hydroxylation sites is 2. The second kappa shape index (κ2) is 10.8. The number of carbonyl (C=O) groups excluding carboxylic acids is 1. The molecule has 3 aromatic carbocycles. The van der Waals surface area contributed by atoms with Gasteiger partial charge in [0.1, 0.15) is 18.5 Å². The van der Waals surface area contributed by atoms with Crippen molar-refractivity contribution in [2.24, 2.45) is 0 Å². The first-order chi connectivity index (χ1) is 17.2. The normalized spacial score (nSPS) is 17.7. The van der Waals surface area contributed by atoms with Crippen LogP contribution in [0, 0.1) is 5.82 Å². The Morgan fingerprint density at radius 1 is 0.943 bits per heavy atom. The van der Waals surface area contributed by atoms with Crippen LogP contribution in [-0.2, 0) is 6.54 Å². The number of hydrogen-bond acceptors (Lipinski definition) is 5. The number of carbonyl (C=O) groups is 1. The van der Waals surface area contributed by atoms with Crippen LogP contribution in [0.25, 0.3) is 0 Å². The van der Waals surface area contributed by atoms with Gasteiger partial charge in [0.15, 0.2) is 11.5 Å². The molecule has 2 aliphatic heterocycles. The van der Waals surface area contributed by atoms with E-state index in [0.717, 1.165) is 49.7 Å². The van der Waals surface area contributed by atoms with Gasteiger partial charge in [0, 0.05) is 49.0 Å². The molecule has 0 spiro atoms. The largest absolute Gasteiger partial charge is 0.486 e. The minimum absolute atomic E-state index is 0.0139. The maximum Gasteiger partial charge on any atom is 0.251 e. The highest BCUT2D eigenvalue weighted by Crippen LogP contribution is 2.30. The summed E-state index contributed by atoms with van der Waals surface area (Å²) < 4.78 is 25.6. The predicted molar refractivity (Wildman–Crippen MR) is 134 cm³/mol. The van der Waals surface area contributed by atoms with Gasteiger partial charge in [-0.05, 0) is 55.3 Å². The Bertz CT molecular complexity index is 1150. The fourth-order valence-corrected chi connectivity index (χ4v) is 4.55. The number of ether oxygens (including phenoxy) is 2. The van der Waals surface area contributed by atoms with Gasteiger partial charge in [-0.3, -0.25) is 4.79 Å². The number of piperidine rings is 1. The number of benzene rings is 3. The number of fused-ring (bicyclic) bond motifs is 1. The van der Waals surface area contributed by atoms with E-state index in [4.69, 9.17) is 9.47 Å². The smallest absolute Gasteiger partial charge is 0.251 e. The first-order valence-corrected chi connectivity index (χ1v) is 12.1. The van der Waals surface area contributed by atoms with Gasteiger partial charge in [-0.2, -0.15) is 0 Å². The number of hydrogen-bond donors (Lipinski definition) is 2. The molecule has 0 saturated carbocycles. The van der Waals surface area contributed by atoms with E-state index in [-0.39, 0.29) is 24.4 Å². The molecule has 5 rings (SSSR count). The lowest BCUT2D eigenvalue weighted by molar-refractivity contribution is 0.0873. The molecule has 3 aromatic rings. The molecule has 0 aliphatic carbocycles. The van der Waals surface area contributed by atoms with Crippen molar-refractivity contribution in [1.29, 1.82) is 0 Å². The minimum Gasteiger partial charge on any atom is -0.486 e. The van der Waals surface area contributed by atoms with Gasteiger partial charge < -0.3 is 25.0 Å². The summed E-state index contributed by atoms with van der Waals surface area (Å²) in [5.41, 5.74) is 2.15. The average Bonchev–Trinajstić information content (AvgIpc) is 2.91. The van der Waals surface area contributed by atoms with E-state index in [0.29, 0.717) is 23.8 Å². The van der Waals surface area contributed by atoms with Gasteiger partial charge in [-0.25, -0.2) is 4.39 Å². The molecule has 0 aromatic heterocycles. The Balaban J connectivity index is 1.06. The summed E-state index contributed by atoms with van der Waals surface area (Å²) in [4.78, 5) is 14.8. The van der Waals surface area contributed by atoms with Gasteiger partial charge in [0.25, 0.3) is 5.91 Å². The summed E-state index contributed by atoms with van der Waals surface area (Å²) in [6.45, 7) is 3.37. The number of anilines is 1. The standard InChI is InChI=1S/C28H30FN3O3/c29-25-6-2-1-5-21(25)17-31-28(33)20-9-11-23(12-10-20)32-15-13-22(14-16-32)30-18-24-19-34-26-7-3-4-8-27(26)35-24/h1-12,22,24,30H,13-19H2,(H,31,33)/t24-/m0/s1. The van der Waals surface area contributed by atoms with Crippen molar-refractivity contribution in [2.45, 2.75) is 31.5 Å². The maximum atomic E-state index is 13.8. The number of rotatable bonds is 7. The van der Waals surface area contributed by atoms with Crippen molar-refractivity contribution in [2.75, 3.05) is 31.1 Å². The molecule has 0 unspecified atom stereocenters. The molecular formula is C28H30FN3O3. The van der Waals surface area contributed by atoms with Crippen LogP contribution in [0.4, 0.5) is 10.1 Å². The van der Waals surface area contributed by atoms with Crippen LogP contribution in [0.1, 0.15) is 28.8 Å². The lowest BCUT2D eigenvalue weighted by Crippen LogP contribution is -2.47. The molecule has 35 heavy (non-hydrogen) atoms. The monoisotopic (exact) mass is 475 g/mol. The van der Waals surface area contributed by atoms with Gasteiger partial charge in [0.05, 0.1) is 0 Å². The SMILES string of the molecule is O=C(NCc1ccccc1F)c1ccc(N2CCC(NC[C@H]3COc4ccccc4O3)CC2)cc1. The summed E-state index contributed by atoms with van der Waals surface area (Å²) in [6.07, 6.45) is 2.09. The molecule has 1 fully saturated rings. The summed E-state index contributed by atoms with van der Waals surface area (Å²) in [5, 5.41) is 6.43. The lowest BCUT2D eigenvalue weighted by atomic mass is 10.0. The van der Waals surface area contributed by atoms with Gasteiger partial charge in [0.2, 0.25) is 0 Å². The summed E-state index contributed by atoms with van der Waals surface area (Å²) in [6, 6.07) is 22.3. The van der Waals surface area contributed by atoms with E-state index in [1.165, 1.54) is 6.07 Å². The molecule has 2 N–H and O–H groups in total. The molecule has 1 amide bonds.